The zero-order chi connectivity index (χ0) is 22.5. The van der Waals surface area contributed by atoms with Crippen LogP contribution in [0.2, 0.25) is 0 Å². The van der Waals surface area contributed by atoms with Crippen molar-refractivity contribution in [2.75, 3.05) is 19.0 Å². The summed E-state index contributed by atoms with van der Waals surface area (Å²) >= 11 is 0.969. The summed E-state index contributed by atoms with van der Waals surface area (Å²) in [4.78, 5) is 40.8. The Hall–Kier alpha value is -3.60. The highest BCUT2D eigenvalue weighted by atomic mass is 32.1. The molecule has 0 saturated carbocycles. The Labute approximate surface area is 180 Å². The van der Waals surface area contributed by atoms with Crippen molar-refractivity contribution in [1.29, 1.82) is 0 Å². The number of anilines is 1. The van der Waals surface area contributed by atoms with Crippen LogP contribution in [0, 0.1) is 12.7 Å². The number of nitrogens with zero attached hydrogens (tertiary/aromatic N) is 3. The predicted octanol–water partition coefficient (Wildman–Crippen LogP) is 2.64. The molecule has 0 radical (unpaired) electrons. The molecule has 2 heterocycles. The van der Waals surface area contributed by atoms with E-state index < -0.39 is 29.8 Å². The topological polar surface area (TPSA) is 112 Å². The van der Waals surface area contributed by atoms with Crippen LogP contribution in [0.4, 0.5) is 9.52 Å². The third-order valence-electron chi connectivity index (χ3n) is 4.12. The number of benzene rings is 1. The minimum absolute atomic E-state index is 0.157. The van der Waals surface area contributed by atoms with Gasteiger partial charge >= 0.3 is 5.97 Å². The molecule has 0 unspecified atom stereocenters. The number of aryl methyl sites for hydroxylation is 1. The van der Waals surface area contributed by atoms with E-state index in [-0.39, 0.29) is 27.9 Å². The molecule has 3 rings (SSSR count). The number of amides is 1. The van der Waals surface area contributed by atoms with Crippen LogP contribution in [0.5, 0.6) is 5.75 Å². The minimum atomic E-state index is -0.578. The van der Waals surface area contributed by atoms with Crippen LogP contribution in [-0.4, -0.2) is 40.4 Å². The number of methoxy groups -OCH3 is 1. The summed E-state index contributed by atoms with van der Waals surface area (Å²) in [5.41, 5.74) is 0.230. The molecule has 1 N–H and O–H groups in total. The van der Waals surface area contributed by atoms with Gasteiger partial charge in [-0.25, -0.2) is 18.9 Å². The first-order chi connectivity index (χ1) is 14.8. The van der Waals surface area contributed by atoms with Gasteiger partial charge in [0.25, 0.3) is 5.56 Å². The molecule has 3 aromatic rings. The van der Waals surface area contributed by atoms with Gasteiger partial charge in [-0.3, -0.25) is 9.59 Å². The van der Waals surface area contributed by atoms with Crippen molar-refractivity contribution in [2.45, 2.75) is 20.4 Å². The number of hydrogen-bond acceptors (Lipinski definition) is 8. The Bertz CT molecular complexity index is 1190. The smallest absolute Gasteiger partial charge is 0.350 e. The fourth-order valence-corrected chi connectivity index (χ4v) is 3.54. The Morgan fingerprint density at radius 1 is 1.26 bits per heavy atom. The van der Waals surface area contributed by atoms with Gasteiger partial charge in [0.2, 0.25) is 5.91 Å². The Kier molecular flexibility index (Phi) is 6.75. The highest BCUT2D eigenvalue weighted by Crippen LogP contribution is 2.25. The number of carbonyl (C=O) groups is 2. The number of carbonyl (C=O) groups excluding carboxylic acids is 2. The largest absolute Gasteiger partial charge is 0.497 e. The van der Waals surface area contributed by atoms with Crippen molar-refractivity contribution in [3.8, 4) is 17.0 Å². The van der Waals surface area contributed by atoms with Crippen molar-refractivity contribution in [3.05, 3.63) is 57.1 Å². The van der Waals surface area contributed by atoms with E-state index in [1.165, 1.54) is 31.4 Å². The van der Waals surface area contributed by atoms with Crippen LogP contribution in [0.1, 0.15) is 22.3 Å². The fourth-order valence-electron chi connectivity index (χ4n) is 2.67. The van der Waals surface area contributed by atoms with Gasteiger partial charge in [-0.2, -0.15) is 5.10 Å². The van der Waals surface area contributed by atoms with Gasteiger partial charge in [-0.1, -0.05) is 11.3 Å². The quantitative estimate of drug-likeness (QED) is 0.555. The van der Waals surface area contributed by atoms with Crippen LogP contribution in [0.25, 0.3) is 11.3 Å². The van der Waals surface area contributed by atoms with Gasteiger partial charge in [0.15, 0.2) is 5.13 Å². The zero-order valence-corrected chi connectivity index (χ0v) is 17.8. The maximum atomic E-state index is 14.3. The monoisotopic (exact) mass is 446 g/mol. The highest BCUT2D eigenvalue weighted by molar-refractivity contribution is 7.17. The molecule has 0 atom stereocenters. The molecule has 0 aliphatic carbocycles. The number of hydrogen-bond donors (Lipinski definition) is 1. The lowest BCUT2D eigenvalue weighted by Crippen LogP contribution is -2.29. The average molecular weight is 446 g/mol. The molecule has 9 nitrogen and oxygen atoms in total. The number of thiazole rings is 1. The third-order valence-corrected chi connectivity index (χ3v) is 5.17. The summed E-state index contributed by atoms with van der Waals surface area (Å²) in [5.74, 6) is -1.34. The van der Waals surface area contributed by atoms with Crippen molar-refractivity contribution in [3.63, 3.8) is 0 Å². The average Bonchev–Trinajstić information content (AvgIpc) is 3.09. The summed E-state index contributed by atoms with van der Waals surface area (Å²) in [5, 5.41) is 6.81. The second-order valence-electron chi connectivity index (χ2n) is 6.26. The highest BCUT2D eigenvalue weighted by Gasteiger charge is 2.18. The number of halogens is 1. The van der Waals surface area contributed by atoms with Crippen LogP contribution in [0.3, 0.4) is 0 Å². The van der Waals surface area contributed by atoms with Crippen molar-refractivity contribution >= 4 is 28.3 Å². The molecule has 0 saturated heterocycles. The van der Waals surface area contributed by atoms with Gasteiger partial charge in [-0.15, -0.1) is 0 Å². The SMILES string of the molecule is CCOC(=O)c1sc(NC(=O)Cn2nc(-c3ccc(OC)cc3F)ccc2=O)nc1C. The summed E-state index contributed by atoms with van der Waals surface area (Å²) < 4.78 is 25.2. The number of rotatable bonds is 7. The number of esters is 1. The summed E-state index contributed by atoms with van der Waals surface area (Å²) in [7, 11) is 1.42. The van der Waals surface area contributed by atoms with Gasteiger partial charge in [-0.05, 0) is 32.0 Å². The molecule has 0 fully saturated rings. The number of nitrogens with one attached hydrogen (secondary N) is 1. The van der Waals surface area contributed by atoms with E-state index >= 15 is 0 Å². The normalized spacial score (nSPS) is 10.6. The van der Waals surface area contributed by atoms with Gasteiger partial charge in [0.05, 0.1) is 25.1 Å². The molecule has 162 valence electrons. The Morgan fingerprint density at radius 3 is 2.71 bits per heavy atom. The van der Waals surface area contributed by atoms with E-state index in [4.69, 9.17) is 9.47 Å². The Morgan fingerprint density at radius 2 is 2.03 bits per heavy atom. The standard InChI is InChI=1S/C20H19FN4O5S/c1-4-30-19(28)18-11(2)22-20(31-18)23-16(26)10-25-17(27)8-7-15(24-25)13-6-5-12(29-3)9-14(13)21/h5-9H,4,10H2,1-3H3,(H,22,23,26). The first kappa shape index (κ1) is 22.1. The fraction of sp³-hybridized carbons (Fsp3) is 0.250. The van der Waals surface area contributed by atoms with Crippen LogP contribution in [0.15, 0.2) is 35.1 Å². The van der Waals surface area contributed by atoms with Crippen molar-refractivity contribution < 1.29 is 23.5 Å². The maximum Gasteiger partial charge on any atom is 0.350 e. The van der Waals surface area contributed by atoms with Gasteiger partial charge < -0.3 is 14.8 Å². The molecular weight excluding hydrogens is 427 g/mol. The van der Waals surface area contributed by atoms with Gasteiger partial charge in [0.1, 0.15) is 23.0 Å². The molecule has 0 spiro atoms. The maximum absolute atomic E-state index is 14.3. The van der Waals surface area contributed by atoms with Crippen LogP contribution >= 0.6 is 11.3 Å². The lowest BCUT2D eigenvalue weighted by Gasteiger charge is -2.08. The first-order valence-electron chi connectivity index (χ1n) is 9.18. The van der Waals surface area contributed by atoms with Crippen molar-refractivity contribution in [1.82, 2.24) is 14.8 Å². The molecule has 2 aromatic heterocycles. The van der Waals surface area contributed by atoms with E-state index in [1.54, 1.807) is 19.9 Å². The molecule has 1 aromatic carbocycles. The predicted molar refractivity (Wildman–Crippen MR) is 112 cm³/mol. The van der Waals surface area contributed by atoms with E-state index in [0.29, 0.717) is 11.4 Å². The minimum Gasteiger partial charge on any atom is -0.497 e. The van der Waals surface area contributed by atoms with Crippen LogP contribution < -0.4 is 15.6 Å². The lowest BCUT2D eigenvalue weighted by atomic mass is 10.1. The summed E-state index contributed by atoms with van der Waals surface area (Å²) in [6.07, 6.45) is 0. The molecule has 0 bridgehead atoms. The zero-order valence-electron chi connectivity index (χ0n) is 17.0. The van der Waals surface area contributed by atoms with Crippen molar-refractivity contribution in [2.24, 2.45) is 0 Å². The van der Waals surface area contributed by atoms with E-state index in [2.05, 4.69) is 15.4 Å². The number of ether oxygens (including phenoxy) is 2. The summed E-state index contributed by atoms with van der Waals surface area (Å²) in [6, 6.07) is 6.81. The molecule has 0 aliphatic heterocycles. The molecule has 0 aliphatic rings. The molecule has 31 heavy (non-hydrogen) atoms. The number of aromatic nitrogens is 3. The lowest BCUT2D eigenvalue weighted by molar-refractivity contribution is -0.117. The van der Waals surface area contributed by atoms with Crippen LogP contribution in [-0.2, 0) is 16.1 Å². The molecule has 11 heteroatoms. The third kappa shape index (κ3) is 5.12. The van der Waals surface area contributed by atoms with E-state index in [9.17, 15) is 18.8 Å². The Balaban J connectivity index is 1.78. The summed E-state index contributed by atoms with van der Waals surface area (Å²) in [6.45, 7) is 3.11. The molecular formula is C20H19FN4O5S. The second kappa shape index (κ2) is 9.47. The van der Waals surface area contributed by atoms with E-state index in [1.807, 2.05) is 0 Å². The second-order valence-corrected chi connectivity index (χ2v) is 7.26. The first-order valence-corrected chi connectivity index (χ1v) is 10.0. The molecule has 1 amide bonds. The van der Waals surface area contributed by atoms with E-state index in [0.717, 1.165) is 16.0 Å². The van der Waals surface area contributed by atoms with Gasteiger partial charge in [0, 0.05) is 17.7 Å².